The van der Waals surface area contributed by atoms with Crippen LogP contribution in [0, 0.1) is 0 Å². The summed E-state index contributed by atoms with van der Waals surface area (Å²) in [6.07, 6.45) is -10.2. The Bertz CT molecular complexity index is 1360. The van der Waals surface area contributed by atoms with E-state index in [4.69, 9.17) is 4.74 Å². The zero-order valence-corrected chi connectivity index (χ0v) is 19.8. The van der Waals surface area contributed by atoms with Gasteiger partial charge in [-0.3, -0.25) is 5.32 Å². The van der Waals surface area contributed by atoms with Crippen LogP contribution in [0.1, 0.15) is 25.0 Å². The van der Waals surface area contributed by atoms with Gasteiger partial charge in [-0.15, -0.1) is 5.10 Å². The topological polar surface area (TPSA) is 78.3 Å². The number of amides is 1. The first-order valence-corrected chi connectivity index (χ1v) is 11.3. The Hall–Kier alpha value is -4.48. The van der Waals surface area contributed by atoms with Crippen molar-refractivity contribution in [1.29, 1.82) is 0 Å². The van der Waals surface area contributed by atoms with E-state index in [-0.39, 0.29) is 6.10 Å². The number of halogens is 5. The molecule has 7 nitrogen and oxygen atoms in total. The van der Waals surface area contributed by atoms with Gasteiger partial charge in [0.05, 0.1) is 5.69 Å². The molecule has 0 saturated carbocycles. The Labute approximate surface area is 213 Å². The van der Waals surface area contributed by atoms with Crippen LogP contribution in [0.3, 0.4) is 0 Å². The Morgan fingerprint density at radius 2 is 1.61 bits per heavy atom. The molecular formula is C26H21F5N4O3. The van der Waals surface area contributed by atoms with Gasteiger partial charge in [0.2, 0.25) is 0 Å². The minimum atomic E-state index is -5.84. The van der Waals surface area contributed by atoms with E-state index in [1.165, 1.54) is 23.1 Å². The highest BCUT2D eigenvalue weighted by atomic mass is 19.4. The number of hydrogen-bond donors (Lipinski definition) is 1. The summed E-state index contributed by atoms with van der Waals surface area (Å²) in [4.78, 5) is 16.5. The molecule has 1 amide bonds. The number of carbonyl (C=O) groups is 1. The van der Waals surface area contributed by atoms with Crippen molar-refractivity contribution in [3.05, 3.63) is 90.8 Å². The molecule has 0 aliphatic rings. The van der Waals surface area contributed by atoms with Crippen LogP contribution in [-0.2, 0) is 4.74 Å². The summed E-state index contributed by atoms with van der Waals surface area (Å²) in [6.45, 7) is 1.92. The fourth-order valence-electron chi connectivity index (χ4n) is 3.43. The summed E-state index contributed by atoms with van der Waals surface area (Å²) >= 11 is 0. The maximum atomic E-state index is 13.1. The zero-order valence-electron chi connectivity index (χ0n) is 19.8. The molecule has 1 atom stereocenters. The van der Waals surface area contributed by atoms with Crippen molar-refractivity contribution in [3.8, 4) is 22.8 Å². The lowest BCUT2D eigenvalue weighted by Crippen LogP contribution is -2.41. The van der Waals surface area contributed by atoms with Crippen molar-refractivity contribution in [1.82, 2.24) is 14.8 Å². The zero-order chi connectivity index (χ0) is 27.3. The molecule has 0 radical (unpaired) electrons. The quantitative estimate of drug-likeness (QED) is 0.244. The second-order valence-electron chi connectivity index (χ2n) is 8.04. The summed E-state index contributed by atoms with van der Waals surface area (Å²) in [5.41, 5.74) is 2.36. The predicted octanol–water partition coefficient (Wildman–Crippen LogP) is 7.17. The number of alkyl halides is 5. The highest BCUT2D eigenvalue weighted by Crippen LogP contribution is 2.37. The predicted molar refractivity (Wildman–Crippen MR) is 128 cm³/mol. The van der Waals surface area contributed by atoms with Crippen LogP contribution >= 0.6 is 0 Å². The second kappa shape index (κ2) is 10.9. The van der Waals surface area contributed by atoms with Gasteiger partial charge in [-0.1, -0.05) is 37.3 Å². The van der Waals surface area contributed by atoms with Crippen molar-refractivity contribution in [2.45, 2.75) is 31.7 Å². The minimum absolute atomic E-state index is 0.318. The highest BCUT2D eigenvalue weighted by Gasteiger charge is 2.61. The van der Waals surface area contributed by atoms with Gasteiger partial charge in [0, 0.05) is 11.3 Å². The van der Waals surface area contributed by atoms with Crippen LogP contribution in [0.25, 0.3) is 17.1 Å². The Morgan fingerprint density at radius 3 is 2.21 bits per heavy atom. The molecule has 0 spiro atoms. The normalized spacial score (nSPS) is 12.6. The molecule has 1 unspecified atom stereocenters. The van der Waals surface area contributed by atoms with Gasteiger partial charge in [0.25, 0.3) is 0 Å². The molecular weight excluding hydrogens is 511 g/mol. The molecule has 0 saturated heterocycles. The van der Waals surface area contributed by atoms with Crippen LogP contribution in [-0.4, -0.2) is 33.1 Å². The molecule has 198 valence electrons. The van der Waals surface area contributed by atoms with Gasteiger partial charge in [0.15, 0.2) is 5.82 Å². The molecule has 1 heterocycles. The Kier molecular flexibility index (Phi) is 7.60. The standard InChI is InChI=1S/C26H21F5N4O3/c1-2-22(17-6-4-3-5-7-17)37-24(36)33-19-10-8-18(9-11-19)23-32-16-35(34-23)20-12-14-21(15-13-20)38-26(30,31)25(27,28)29/h3-16,22H,2H2,1H3,(H,33,36). The lowest BCUT2D eigenvalue weighted by atomic mass is 10.1. The number of anilines is 1. The largest absolute Gasteiger partial charge is 0.499 e. The summed E-state index contributed by atoms with van der Waals surface area (Å²) in [5.74, 6) is -0.342. The van der Waals surface area contributed by atoms with Crippen LogP contribution in [0.15, 0.2) is 85.2 Å². The first-order chi connectivity index (χ1) is 18.1. The number of nitrogens with one attached hydrogen (secondary N) is 1. The molecule has 4 aromatic rings. The van der Waals surface area contributed by atoms with Crippen LogP contribution in [0.2, 0.25) is 0 Å². The summed E-state index contributed by atoms with van der Waals surface area (Å²) in [6, 6.07) is 20.5. The van der Waals surface area contributed by atoms with Crippen molar-refractivity contribution >= 4 is 11.8 Å². The monoisotopic (exact) mass is 532 g/mol. The first kappa shape index (κ1) is 26.6. The number of ether oxygens (including phenoxy) is 2. The van der Waals surface area contributed by atoms with E-state index in [9.17, 15) is 26.7 Å². The summed E-state index contributed by atoms with van der Waals surface area (Å²) < 4.78 is 73.7. The summed E-state index contributed by atoms with van der Waals surface area (Å²) in [5, 5.41) is 6.97. The van der Waals surface area contributed by atoms with Crippen molar-refractivity contribution in [3.63, 3.8) is 0 Å². The summed E-state index contributed by atoms with van der Waals surface area (Å²) in [7, 11) is 0. The average Bonchev–Trinajstić information content (AvgIpc) is 3.38. The number of benzene rings is 3. The van der Waals surface area contributed by atoms with E-state index in [0.29, 0.717) is 29.2 Å². The highest BCUT2D eigenvalue weighted by molar-refractivity contribution is 5.85. The molecule has 0 bridgehead atoms. The Morgan fingerprint density at radius 1 is 0.947 bits per heavy atom. The fraction of sp³-hybridized carbons (Fsp3) is 0.192. The lowest BCUT2D eigenvalue weighted by molar-refractivity contribution is -0.360. The minimum Gasteiger partial charge on any atom is -0.441 e. The number of rotatable bonds is 8. The van der Waals surface area contributed by atoms with Gasteiger partial charge in [-0.25, -0.2) is 14.5 Å². The van der Waals surface area contributed by atoms with Crippen LogP contribution in [0.4, 0.5) is 32.4 Å². The van der Waals surface area contributed by atoms with E-state index >= 15 is 0 Å². The van der Waals surface area contributed by atoms with Gasteiger partial charge >= 0.3 is 18.4 Å². The number of aromatic nitrogens is 3. The van der Waals surface area contributed by atoms with Crippen molar-refractivity contribution in [2.75, 3.05) is 5.32 Å². The SMILES string of the molecule is CCC(OC(=O)Nc1ccc(-c2ncn(-c3ccc(OC(F)(F)C(F)(F)F)cc3)n2)cc1)c1ccccc1. The maximum Gasteiger partial charge on any atom is 0.499 e. The molecule has 3 aromatic carbocycles. The third-order valence-electron chi connectivity index (χ3n) is 5.35. The second-order valence-corrected chi connectivity index (χ2v) is 8.04. The van der Waals surface area contributed by atoms with Gasteiger partial charge in [0.1, 0.15) is 18.2 Å². The number of carbonyl (C=O) groups excluding carboxylic acids is 1. The molecule has 38 heavy (non-hydrogen) atoms. The molecule has 0 fully saturated rings. The van der Waals surface area contributed by atoms with Crippen LogP contribution in [0.5, 0.6) is 5.75 Å². The van der Waals surface area contributed by atoms with Gasteiger partial charge in [-0.2, -0.15) is 22.0 Å². The third kappa shape index (κ3) is 6.25. The fourth-order valence-corrected chi connectivity index (χ4v) is 3.43. The molecule has 4 rings (SSSR count). The van der Waals surface area contributed by atoms with Crippen molar-refractivity contribution in [2.24, 2.45) is 0 Å². The number of hydrogen-bond acceptors (Lipinski definition) is 5. The number of nitrogens with zero attached hydrogens (tertiary/aromatic N) is 3. The smallest absolute Gasteiger partial charge is 0.441 e. The van der Waals surface area contributed by atoms with Crippen LogP contribution < -0.4 is 10.1 Å². The van der Waals surface area contributed by atoms with E-state index < -0.39 is 24.1 Å². The molecule has 1 aromatic heterocycles. The van der Waals surface area contributed by atoms with E-state index in [0.717, 1.165) is 17.7 Å². The Balaban J connectivity index is 1.38. The molecule has 12 heteroatoms. The average molecular weight is 532 g/mol. The third-order valence-corrected chi connectivity index (χ3v) is 5.35. The van der Waals surface area contributed by atoms with Crippen molar-refractivity contribution < 1.29 is 36.2 Å². The van der Waals surface area contributed by atoms with E-state index in [1.54, 1.807) is 24.3 Å². The van der Waals surface area contributed by atoms with E-state index in [1.807, 2.05) is 37.3 Å². The van der Waals surface area contributed by atoms with Gasteiger partial charge < -0.3 is 9.47 Å². The molecule has 1 N–H and O–H groups in total. The molecule has 0 aliphatic carbocycles. The van der Waals surface area contributed by atoms with Gasteiger partial charge in [-0.05, 0) is 60.5 Å². The molecule has 0 aliphatic heterocycles. The maximum absolute atomic E-state index is 13.1. The van der Waals surface area contributed by atoms with E-state index in [2.05, 4.69) is 20.1 Å². The first-order valence-electron chi connectivity index (χ1n) is 11.3. The lowest BCUT2D eigenvalue weighted by Gasteiger charge is -2.20.